The van der Waals surface area contributed by atoms with E-state index in [9.17, 15) is 9.59 Å². The second-order valence-electron chi connectivity index (χ2n) is 6.66. The van der Waals surface area contributed by atoms with Crippen LogP contribution in [0.25, 0.3) is 10.9 Å². The summed E-state index contributed by atoms with van der Waals surface area (Å²) in [6.07, 6.45) is 0. The van der Waals surface area contributed by atoms with Crippen LogP contribution in [0.1, 0.15) is 27.2 Å². The average Bonchev–Trinajstić information content (AvgIpc) is 2.68. The summed E-state index contributed by atoms with van der Waals surface area (Å²) in [4.78, 5) is 29.3. The third kappa shape index (κ3) is 4.11. The van der Waals surface area contributed by atoms with Crippen molar-refractivity contribution in [3.05, 3.63) is 64.8 Å². The maximum absolute atomic E-state index is 12.6. The Balaban J connectivity index is 1.69. The molecular weight excluding hydrogens is 354 g/mol. The third-order valence-corrected chi connectivity index (χ3v) is 4.75. The summed E-state index contributed by atoms with van der Waals surface area (Å²) in [5.74, 6) is 0.0942. The Hall–Kier alpha value is -3.41. The lowest BCUT2D eigenvalue weighted by molar-refractivity contribution is -0.115. The number of hydrogen-bond acceptors (Lipinski definition) is 4. The van der Waals surface area contributed by atoms with E-state index in [1.54, 1.807) is 20.1 Å². The Morgan fingerprint density at radius 2 is 1.86 bits per heavy atom. The van der Waals surface area contributed by atoms with E-state index in [0.717, 1.165) is 27.7 Å². The molecule has 0 aliphatic carbocycles. The van der Waals surface area contributed by atoms with E-state index in [0.29, 0.717) is 17.0 Å². The Morgan fingerprint density at radius 3 is 2.61 bits per heavy atom. The van der Waals surface area contributed by atoms with Gasteiger partial charge in [0.05, 0.1) is 30.4 Å². The maximum Gasteiger partial charge on any atom is 0.253 e. The molecule has 0 unspecified atom stereocenters. The number of anilines is 1. The van der Waals surface area contributed by atoms with Gasteiger partial charge in [0.15, 0.2) is 0 Å². The highest BCUT2D eigenvalue weighted by Gasteiger charge is 2.14. The number of nitrogens with zero attached hydrogens (tertiary/aromatic N) is 1. The monoisotopic (exact) mass is 377 g/mol. The number of fused-ring (bicyclic) bond motifs is 1. The normalized spacial score (nSPS) is 10.6. The molecule has 0 aliphatic rings. The summed E-state index contributed by atoms with van der Waals surface area (Å²) in [6.45, 7) is 5.58. The number of rotatable bonds is 5. The highest BCUT2D eigenvalue weighted by Crippen LogP contribution is 2.22. The van der Waals surface area contributed by atoms with Gasteiger partial charge in [-0.3, -0.25) is 14.6 Å². The molecule has 3 rings (SSSR count). The van der Waals surface area contributed by atoms with Crippen LogP contribution in [0.15, 0.2) is 42.5 Å². The van der Waals surface area contributed by atoms with Crippen molar-refractivity contribution in [3.8, 4) is 5.75 Å². The molecule has 1 aromatic heterocycles. The van der Waals surface area contributed by atoms with Gasteiger partial charge in [-0.25, -0.2) is 0 Å². The van der Waals surface area contributed by atoms with E-state index in [1.807, 2.05) is 50.2 Å². The molecule has 3 aromatic rings. The summed E-state index contributed by atoms with van der Waals surface area (Å²) in [7, 11) is 1.60. The molecule has 0 atom stereocenters. The van der Waals surface area contributed by atoms with Crippen molar-refractivity contribution in [2.24, 2.45) is 0 Å². The molecule has 6 heteroatoms. The number of aryl methyl sites for hydroxylation is 2. The number of pyridine rings is 1. The summed E-state index contributed by atoms with van der Waals surface area (Å²) in [6, 6.07) is 13.0. The fourth-order valence-corrected chi connectivity index (χ4v) is 2.94. The quantitative estimate of drug-likeness (QED) is 0.713. The lowest BCUT2D eigenvalue weighted by atomic mass is 10.1. The van der Waals surface area contributed by atoms with E-state index >= 15 is 0 Å². The molecule has 0 spiro atoms. The van der Waals surface area contributed by atoms with Gasteiger partial charge in [-0.1, -0.05) is 12.1 Å². The fraction of sp³-hybridized carbons (Fsp3) is 0.227. The van der Waals surface area contributed by atoms with E-state index < -0.39 is 0 Å². The van der Waals surface area contributed by atoms with Gasteiger partial charge in [-0.05, 0) is 56.2 Å². The molecular formula is C22H23N3O3. The van der Waals surface area contributed by atoms with Crippen molar-refractivity contribution in [3.63, 3.8) is 0 Å². The number of ether oxygens (including phenoxy) is 1. The molecule has 2 N–H and O–H groups in total. The molecule has 144 valence electrons. The predicted octanol–water partition coefficient (Wildman–Crippen LogP) is 3.54. The fourth-order valence-electron chi connectivity index (χ4n) is 2.94. The SMILES string of the molecule is COc1ccc2cc(C(=O)NCC(=O)Nc3cccc(C)c3C)c(C)nc2c1. The molecule has 0 fully saturated rings. The minimum atomic E-state index is -0.334. The average molecular weight is 377 g/mol. The lowest BCUT2D eigenvalue weighted by Crippen LogP contribution is -2.33. The van der Waals surface area contributed by atoms with E-state index in [2.05, 4.69) is 15.6 Å². The Morgan fingerprint density at radius 1 is 1.07 bits per heavy atom. The number of aromatic nitrogens is 1. The van der Waals surface area contributed by atoms with Crippen molar-refractivity contribution >= 4 is 28.4 Å². The first-order chi connectivity index (χ1) is 13.4. The van der Waals surface area contributed by atoms with Gasteiger partial charge in [0.2, 0.25) is 5.91 Å². The van der Waals surface area contributed by atoms with Gasteiger partial charge in [0.25, 0.3) is 5.91 Å². The van der Waals surface area contributed by atoms with Crippen LogP contribution in [0.3, 0.4) is 0 Å². The van der Waals surface area contributed by atoms with Crippen LogP contribution >= 0.6 is 0 Å². The van der Waals surface area contributed by atoms with Crippen molar-refractivity contribution in [2.75, 3.05) is 19.0 Å². The third-order valence-electron chi connectivity index (χ3n) is 4.75. The Labute approximate surface area is 163 Å². The van der Waals surface area contributed by atoms with Gasteiger partial charge in [0, 0.05) is 17.1 Å². The Bertz CT molecular complexity index is 1060. The van der Waals surface area contributed by atoms with Crippen LogP contribution in [-0.4, -0.2) is 30.5 Å². The van der Waals surface area contributed by atoms with Crippen LogP contribution in [0.2, 0.25) is 0 Å². The second kappa shape index (κ2) is 8.08. The molecule has 1 heterocycles. The number of nitrogens with one attached hydrogen (secondary N) is 2. The highest BCUT2D eigenvalue weighted by molar-refractivity contribution is 6.02. The molecule has 28 heavy (non-hydrogen) atoms. The van der Waals surface area contributed by atoms with Crippen LogP contribution in [-0.2, 0) is 4.79 Å². The molecule has 0 saturated carbocycles. The van der Waals surface area contributed by atoms with Gasteiger partial charge < -0.3 is 15.4 Å². The zero-order valence-corrected chi connectivity index (χ0v) is 16.4. The van der Waals surface area contributed by atoms with Crippen molar-refractivity contribution in [1.29, 1.82) is 0 Å². The summed E-state index contributed by atoms with van der Waals surface area (Å²) in [5, 5.41) is 6.33. The maximum atomic E-state index is 12.6. The molecule has 0 aliphatic heterocycles. The molecule has 0 radical (unpaired) electrons. The van der Waals surface area contributed by atoms with Crippen molar-refractivity contribution in [2.45, 2.75) is 20.8 Å². The standard InChI is InChI=1S/C22H23N3O3/c1-13-6-5-7-19(14(13)2)25-21(26)12-23-22(27)18-10-16-8-9-17(28-4)11-20(16)24-15(18)3/h5-11H,12H2,1-4H3,(H,23,27)(H,25,26). The van der Waals surface area contributed by atoms with Crippen molar-refractivity contribution < 1.29 is 14.3 Å². The number of carbonyl (C=O) groups excluding carboxylic acids is 2. The van der Waals surface area contributed by atoms with Crippen LogP contribution in [0.4, 0.5) is 5.69 Å². The minimum absolute atomic E-state index is 0.119. The second-order valence-corrected chi connectivity index (χ2v) is 6.66. The topological polar surface area (TPSA) is 80.3 Å². The van der Waals surface area contributed by atoms with Gasteiger partial charge in [-0.15, -0.1) is 0 Å². The number of methoxy groups -OCH3 is 1. The molecule has 6 nitrogen and oxygen atoms in total. The van der Waals surface area contributed by atoms with Gasteiger partial charge in [-0.2, -0.15) is 0 Å². The summed E-state index contributed by atoms with van der Waals surface area (Å²) in [5.41, 5.74) is 4.63. The smallest absolute Gasteiger partial charge is 0.253 e. The summed E-state index contributed by atoms with van der Waals surface area (Å²) >= 11 is 0. The highest BCUT2D eigenvalue weighted by atomic mass is 16.5. The van der Waals surface area contributed by atoms with Gasteiger partial charge >= 0.3 is 0 Å². The van der Waals surface area contributed by atoms with E-state index in [4.69, 9.17) is 4.74 Å². The minimum Gasteiger partial charge on any atom is -0.497 e. The van der Waals surface area contributed by atoms with E-state index in [1.165, 1.54) is 0 Å². The van der Waals surface area contributed by atoms with Gasteiger partial charge in [0.1, 0.15) is 5.75 Å². The summed E-state index contributed by atoms with van der Waals surface area (Å²) < 4.78 is 5.21. The largest absolute Gasteiger partial charge is 0.497 e. The molecule has 2 aromatic carbocycles. The van der Waals surface area contributed by atoms with Crippen LogP contribution in [0.5, 0.6) is 5.75 Å². The number of amides is 2. The van der Waals surface area contributed by atoms with E-state index in [-0.39, 0.29) is 18.4 Å². The number of benzene rings is 2. The zero-order chi connectivity index (χ0) is 20.3. The lowest BCUT2D eigenvalue weighted by Gasteiger charge is -2.12. The zero-order valence-electron chi connectivity index (χ0n) is 16.4. The first-order valence-corrected chi connectivity index (χ1v) is 8.98. The molecule has 0 bridgehead atoms. The number of carbonyl (C=O) groups is 2. The first kappa shape index (κ1) is 19.4. The first-order valence-electron chi connectivity index (χ1n) is 8.98. The molecule has 2 amide bonds. The van der Waals surface area contributed by atoms with Crippen LogP contribution < -0.4 is 15.4 Å². The molecule has 0 saturated heterocycles. The van der Waals surface area contributed by atoms with Crippen molar-refractivity contribution in [1.82, 2.24) is 10.3 Å². The van der Waals surface area contributed by atoms with Crippen LogP contribution in [0, 0.1) is 20.8 Å². The Kier molecular flexibility index (Phi) is 5.59. The predicted molar refractivity (Wildman–Crippen MR) is 110 cm³/mol. The number of hydrogen-bond donors (Lipinski definition) is 2.